The second-order valence-corrected chi connectivity index (χ2v) is 5.18. The van der Waals surface area contributed by atoms with Crippen molar-refractivity contribution in [3.63, 3.8) is 0 Å². The largest absolute Gasteiger partial charge is 0.360 e. The lowest BCUT2D eigenvalue weighted by molar-refractivity contribution is 0.400. The van der Waals surface area contributed by atoms with Crippen LogP contribution in [0.25, 0.3) is 28.3 Å². The van der Waals surface area contributed by atoms with Crippen molar-refractivity contribution in [3.05, 3.63) is 73.0 Å². The van der Waals surface area contributed by atoms with E-state index >= 15 is 0 Å². The zero-order valence-electron chi connectivity index (χ0n) is 12.5. The van der Waals surface area contributed by atoms with E-state index in [4.69, 9.17) is 4.52 Å². The summed E-state index contributed by atoms with van der Waals surface area (Å²) >= 11 is 0. The van der Waals surface area contributed by atoms with E-state index in [2.05, 4.69) is 15.1 Å². The van der Waals surface area contributed by atoms with Gasteiger partial charge in [-0.3, -0.25) is 4.57 Å². The van der Waals surface area contributed by atoms with Gasteiger partial charge in [0, 0.05) is 18.0 Å². The summed E-state index contributed by atoms with van der Waals surface area (Å²) in [7, 11) is 0. The van der Waals surface area contributed by atoms with Crippen LogP contribution in [0.5, 0.6) is 0 Å². The van der Waals surface area contributed by atoms with Gasteiger partial charge in [0.25, 0.3) is 0 Å². The lowest BCUT2D eigenvalue weighted by Crippen LogP contribution is -1.92. The monoisotopic (exact) mass is 302 g/mol. The molecule has 0 radical (unpaired) electrons. The summed E-state index contributed by atoms with van der Waals surface area (Å²) in [6, 6.07) is 15.7. The minimum atomic E-state index is 0.745. The Morgan fingerprint density at radius 1 is 0.957 bits per heavy atom. The van der Waals surface area contributed by atoms with Crippen LogP contribution in [-0.4, -0.2) is 19.7 Å². The van der Waals surface area contributed by atoms with Crippen LogP contribution in [0, 0.1) is 6.92 Å². The molecule has 3 heterocycles. The zero-order valence-corrected chi connectivity index (χ0v) is 12.5. The lowest BCUT2D eigenvalue weighted by atomic mass is 10.0. The van der Waals surface area contributed by atoms with E-state index in [0.29, 0.717) is 0 Å². The van der Waals surface area contributed by atoms with E-state index in [-0.39, 0.29) is 0 Å². The number of imidazole rings is 1. The Bertz CT molecular complexity index is 926. The molecule has 0 aliphatic heterocycles. The molecule has 0 saturated heterocycles. The van der Waals surface area contributed by atoms with Crippen LogP contribution in [0.4, 0.5) is 0 Å². The third-order valence-electron chi connectivity index (χ3n) is 3.66. The Morgan fingerprint density at radius 2 is 1.78 bits per heavy atom. The standard InChI is InChI=1S/C18H14N4O/c1-13-17(18(21-23-13)14-7-3-2-4-8-14)15-11-22(12-20-15)16-9-5-6-10-19-16/h2-12H,1H3. The molecule has 0 bridgehead atoms. The molecule has 3 aromatic heterocycles. The number of nitrogens with zero attached hydrogens (tertiary/aromatic N) is 4. The number of aromatic nitrogens is 4. The molecule has 0 N–H and O–H groups in total. The third-order valence-corrected chi connectivity index (χ3v) is 3.66. The normalized spacial score (nSPS) is 10.8. The average Bonchev–Trinajstić information content (AvgIpc) is 3.23. The Hall–Kier alpha value is -3.21. The smallest absolute Gasteiger partial charge is 0.143 e. The van der Waals surface area contributed by atoms with Crippen LogP contribution >= 0.6 is 0 Å². The molecule has 5 heteroatoms. The van der Waals surface area contributed by atoms with Gasteiger partial charge in [-0.05, 0) is 19.1 Å². The molecule has 0 atom stereocenters. The first-order valence-corrected chi connectivity index (χ1v) is 7.30. The molecule has 0 saturated carbocycles. The first-order valence-electron chi connectivity index (χ1n) is 7.30. The highest BCUT2D eigenvalue weighted by atomic mass is 16.5. The Balaban J connectivity index is 1.81. The molecule has 0 spiro atoms. The molecular weight excluding hydrogens is 288 g/mol. The summed E-state index contributed by atoms with van der Waals surface area (Å²) < 4.78 is 7.29. The lowest BCUT2D eigenvalue weighted by Gasteiger charge is -2.00. The van der Waals surface area contributed by atoms with E-state index in [0.717, 1.165) is 34.1 Å². The number of aryl methyl sites for hydroxylation is 1. The molecule has 1 aromatic carbocycles. The van der Waals surface area contributed by atoms with E-state index < -0.39 is 0 Å². The minimum Gasteiger partial charge on any atom is -0.360 e. The SMILES string of the molecule is Cc1onc(-c2ccccc2)c1-c1cn(-c2ccccn2)cn1. The first kappa shape index (κ1) is 13.5. The summed E-state index contributed by atoms with van der Waals surface area (Å²) in [5.41, 5.74) is 3.53. The van der Waals surface area contributed by atoms with Gasteiger partial charge < -0.3 is 4.52 Å². The maximum Gasteiger partial charge on any atom is 0.143 e. The van der Waals surface area contributed by atoms with Crippen LogP contribution in [0.2, 0.25) is 0 Å². The van der Waals surface area contributed by atoms with Crippen molar-refractivity contribution < 1.29 is 4.52 Å². The highest BCUT2D eigenvalue weighted by Gasteiger charge is 2.18. The van der Waals surface area contributed by atoms with Crippen molar-refractivity contribution in [2.24, 2.45) is 0 Å². The van der Waals surface area contributed by atoms with Crippen LogP contribution in [-0.2, 0) is 0 Å². The van der Waals surface area contributed by atoms with Gasteiger partial charge in [0.2, 0.25) is 0 Å². The molecule has 0 amide bonds. The van der Waals surface area contributed by atoms with Crippen molar-refractivity contribution in [1.82, 2.24) is 19.7 Å². The van der Waals surface area contributed by atoms with Crippen molar-refractivity contribution in [2.75, 3.05) is 0 Å². The van der Waals surface area contributed by atoms with Crippen LogP contribution in [0.1, 0.15) is 5.76 Å². The highest BCUT2D eigenvalue weighted by molar-refractivity contribution is 5.79. The predicted octanol–water partition coefficient (Wildman–Crippen LogP) is 3.90. The predicted molar refractivity (Wildman–Crippen MR) is 87.0 cm³/mol. The molecule has 0 aliphatic rings. The molecule has 4 rings (SSSR count). The van der Waals surface area contributed by atoms with Crippen LogP contribution in [0.15, 0.2) is 71.8 Å². The third kappa shape index (κ3) is 2.42. The Kier molecular flexibility index (Phi) is 3.24. The van der Waals surface area contributed by atoms with Gasteiger partial charge in [-0.2, -0.15) is 0 Å². The van der Waals surface area contributed by atoms with Gasteiger partial charge in [-0.15, -0.1) is 0 Å². The van der Waals surface area contributed by atoms with Gasteiger partial charge in [0.1, 0.15) is 23.6 Å². The maximum absolute atomic E-state index is 5.40. The average molecular weight is 302 g/mol. The van der Waals surface area contributed by atoms with Gasteiger partial charge >= 0.3 is 0 Å². The fourth-order valence-corrected chi connectivity index (χ4v) is 2.55. The zero-order chi connectivity index (χ0) is 15.6. The number of hydrogen-bond donors (Lipinski definition) is 0. The number of benzene rings is 1. The molecule has 0 unspecified atom stereocenters. The topological polar surface area (TPSA) is 56.7 Å². The molecular formula is C18H14N4O. The second kappa shape index (κ2) is 5.53. The summed E-state index contributed by atoms with van der Waals surface area (Å²) in [5.74, 6) is 1.57. The number of rotatable bonds is 3. The van der Waals surface area contributed by atoms with E-state index in [1.807, 2.05) is 66.2 Å². The number of pyridine rings is 1. The first-order chi connectivity index (χ1) is 11.3. The molecule has 4 aromatic rings. The summed E-state index contributed by atoms with van der Waals surface area (Å²) in [6.07, 6.45) is 5.45. The minimum absolute atomic E-state index is 0.745. The molecule has 112 valence electrons. The van der Waals surface area contributed by atoms with Crippen molar-refractivity contribution >= 4 is 0 Å². The fourth-order valence-electron chi connectivity index (χ4n) is 2.55. The van der Waals surface area contributed by atoms with Gasteiger partial charge in [0.05, 0.1) is 11.3 Å². The molecule has 23 heavy (non-hydrogen) atoms. The van der Waals surface area contributed by atoms with Crippen LogP contribution < -0.4 is 0 Å². The quantitative estimate of drug-likeness (QED) is 0.576. The van der Waals surface area contributed by atoms with Gasteiger partial charge in [0.15, 0.2) is 0 Å². The highest BCUT2D eigenvalue weighted by Crippen LogP contribution is 2.33. The van der Waals surface area contributed by atoms with Crippen molar-refractivity contribution in [1.29, 1.82) is 0 Å². The Labute approximate surface area is 133 Å². The van der Waals surface area contributed by atoms with E-state index in [1.165, 1.54) is 0 Å². The van der Waals surface area contributed by atoms with E-state index in [9.17, 15) is 0 Å². The van der Waals surface area contributed by atoms with Crippen molar-refractivity contribution in [3.8, 4) is 28.3 Å². The summed E-state index contributed by atoms with van der Waals surface area (Å²) in [4.78, 5) is 8.84. The summed E-state index contributed by atoms with van der Waals surface area (Å²) in [6.45, 7) is 1.90. The summed E-state index contributed by atoms with van der Waals surface area (Å²) in [5, 5.41) is 4.20. The maximum atomic E-state index is 5.40. The van der Waals surface area contributed by atoms with E-state index in [1.54, 1.807) is 12.5 Å². The van der Waals surface area contributed by atoms with Crippen LogP contribution in [0.3, 0.4) is 0 Å². The Morgan fingerprint density at radius 3 is 2.57 bits per heavy atom. The fraction of sp³-hybridized carbons (Fsp3) is 0.0556. The van der Waals surface area contributed by atoms with Gasteiger partial charge in [-0.25, -0.2) is 9.97 Å². The van der Waals surface area contributed by atoms with Crippen molar-refractivity contribution in [2.45, 2.75) is 6.92 Å². The second-order valence-electron chi connectivity index (χ2n) is 5.18. The van der Waals surface area contributed by atoms with Gasteiger partial charge in [-0.1, -0.05) is 41.6 Å². The molecule has 0 fully saturated rings. The molecule has 5 nitrogen and oxygen atoms in total. The number of hydrogen-bond acceptors (Lipinski definition) is 4. The molecule has 0 aliphatic carbocycles.